The minimum atomic E-state index is -0.287. The van der Waals surface area contributed by atoms with E-state index in [1.165, 1.54) is 11.3 Å². The van der Waals surface area contributed by atoms with E-state index >= 15 is 0 Å². The van der Waals surface area contributed by atoms with Crippen LogP contribution < -0.4 is 9.80 Å². The number of fused-ring (bicyclic) bond motifs is 1. The van der Waals surface area contributed by atoms with Gasteiger partial charge in [-0.3, -0.25) is 24.2 Å². The number of hydrogen-bond donors (Lipinski definition) is 0. The highest BCUT2D eigenvalue weighted by Crippen LogP contribution is 2.37. The van der Waals surface area contributed by atoms with Gasteiger partial charge in [-0.15, -0.1) is 0 Å². The first-order valence-corrected chi connectivity index (χ1v) is 11.5. The van der Waals surface area contributed by atoms with Crippen LogP contribution in [-0.4, -0.2) is 22.7 Å². The molecule has 0 radical (unpaired) electrons. The van der Waals surface area contributed by atoms with Crippen LogP contribution in [0.4, 0.5) is 10.8 Å². The molecule has 1 aliphatic heterocycles. The fourth-order valence-corrected chi connectivity index (χ4v) is 5.08. The zero-order valence-electron chi connectivity index (χ0n) is 17.6. The lowest BCUT2D eigenvalue weighted by Crippen LogP contribution is -2.31. The molecule has 0 N–H and O–H groups in total. The minimum absolute atomic E-state index is 0.188. The molecule has 4 aromatic rings. The third-order valence-corrected chi connectivity index (χ3v) is 7.02. The lowest BCUT2D eigenvalue weighted by atomic mass is 10.1. The van der Waals surface area contributed by atoms with Crippen molar-refractivity contribution in [1.29, 1.82) is 0 Å². The molecule has 2 aromatic carbocycles. The van der Waals surface area contributed by atoms with Gasteiger partial charge in [0.05, 0.1) is 33.7 Å². The molecule has 166 valence electrons. The second-order valence-electron chi connectivity index (χ2n) is 7.68. The van der Waals surface area contributed by atoms with E-state index in [1.807, 2.05) is 19.1 Å². The number of anilines is 2. The lowest BCUT2D eigenvalue weighted by Gasteiger charge is -2.19. The van der Waals surface area contributed by atoms with E-state index in [0.717, 1.165) is 20.7 Å². The predicted octanol–water partition coefficient (Wildman–Crippen LogP) is 5.35. The number of halogens is 1. The van der Waals surface area contributed by atoms with Crippen molar-refractivity contribution in [1.82, 2.24) is 4.98 Å². The van der Waals surface area contributed by atoms with E-state index in [1.54, 1.807) is 47.6 Å². The number of rotatable bonds is 5. The van der Waals surface area contributed by atoms with Crippen LogP contribution in [0.1, 0.15) is 34.5 Å². The second kappa shape index (κ2) is 8.46. The number of thiazole rings is 1. The van der Waals surface area contributed by atoms with E-state index in [4.69, 9.17) is 21.0 Å². The lowest BCUT2D eigenvalue weighted by molar-refractivity contribution is -0.121. The number of aryl methyl sites for hydroxylation is 1. The molecule has 7 nitrogen and oxygen atoms in total. The van der Waals surface area contributed by atoms with Gasteiger partial charge in [0.15, 0.2) is 5.13 Å². The summed E-state index contributed by atoms with van der Waals surface area (Å²) in [6, 6.07) is 13.7. The largest absolute Gasteiger partial charge is 0.467 e. The Morgan fingerprint density at radius 3 is 2.48 bits per heavy atom. The highest BCUT2D eigenvalue weighted by atomic mass is 35.5. The first kappa shape index (κ1) is 21.4. The maximum atomic E-state index is 13.5. The van der Waals surface area contributed by atoms with Crippen molar-refractivity contribution in [3.05, 3.63) is 76.7 Å². The Balaban J connectivity index is 1.51. The maximum Gasteiger partial charge on any atom is 0.260 e. The summed E-state index contributed by atoms with van der Waals surface area (Å²) in [5.74, 6) is -0.152. The van der Waals surface area contributed by atoms with Gasteiger partial charge in [-0.05, 0) is 55.0 Å². The zero-order valence-corrected chi connectivity index (χ0v) is 19.2. The van der Waals surface area contributed by atoms with Crippen molar-refractivity contribution in [2.24, 2.45) is 0 Å². The van der Waals surface area contributed by atoms with Crippen LogP contribution in [-0.2, 0) is 16.1 Å². The third-order valence-electron chi connectivity index (χ3n) is 5.48. The summed E-state index contributed by atoms with van der Waals surface area (Å²) in [6.45, 7) is 2.13. The second-order valence-corrected chi connectivity index (χ2v) is 9.06. The Morgan fingerprint density at radius 1 is 1.12 bits per heavy atom. The average molecular weight is 480 g/mol. The monoisotopic (exact) mass is 479 g/mol. The van der Waals surface area contributed by atoms with E-state index in [0.29, 0.717) is 27.2 Å². The standard InChI is InChI=1S/C24H18ClN3O4S/c1-14-4-9-18(25)22-21(14)26-24(33-22)27(13-17-3-2-12-32-17)23(31)15-5-7-16(8-6-15)28-19(29)10-11-20(28)30/h2-9,12H,10-11,13H2,1H3. The van der Waals surface area contributed by atoms with E-state index in [2.05, 4.69) is 0 Å². The summed E-state index contributed by atoms with van der Waals surface area (Å²) in [4.78, 5) is 45.0. The summed E-state index contributed by atoms with van der Waals surface area (Å²) in [5, 5.41) is 1.07. The van der Waals surface area contributed by atoms with Crippen LogP contribution in [0, 0.1) is 6.92 Å². The molecule has 0 unspecified atom stereocenters. The normalized spacial score (nSPS) is 13.8. The van der Waals surface area contributed by atoms with E-state index in [9.17, 15) is 14.4 Å². The third kappa shape index (κ3) is 3.92. The number of benzene rings is 2. The van der Waals surface area contributed by atoms with Gasteiger partial charge in [-0.2, -0.15) is 0 Å². The molecule has 2 aromatic heterocycles. The van der Waals surface area contributed by atoms with Crippen molar-refractivity contribution in [3.63, 3.8) is 0 Å². The van der Waals surface area contributed by atoms with Crippen molar-refractivity contribution in [3.8, 4) is 0 Å². The number of hydrogen-bond acceptors (Lipinski definition) is 6. The number of furan rings is 1. The molecule has 0 bridgehead atoms. The number of nitrogens with zero attached hydrogens (tertiary/aromatic N) is 3. The quantitative estimate of drug-likeness (QED) is 0.360. The summed E-state index contributed by atoms with van der Waals surface area (Å²) in [5.41, 5.74) is 2.57. The van der Waals surface area contributed by atoms with Gasteiger partial charge >= 0.3 is 0 Å². The Kier molecular flexibility index (Phi) is 5.47. The van der Waals surface area contributed by atoms with Crippen LogP contribution in [0.5, 0.6) is 0 Å². The molecule has 0 atom stereocenters. The molecule has 3 amide bonds. The maximum absolute atomic E-state index is 13.5. The SMILES string of the molecule is Cc1ccc(Cl)c2sc(N(Cc3ccco3)C(=O)c3ccc(N4C(=O)CCC4=O)cc3)nc12. The first-order chi connectivity index (χ1) is 15.9. The molecule has 0 saturated carbocycles. The molecule has 33 heavy (non-hydrogen) atoms. The zero-order chi connectivity index (χ0) is 23.1. The highest BCUT2D eigenvalue weighted by molar-refractivity contribution is 7.23. The topological polar surface area (TPSA) is 83.7 Å². The molecule has 0 aliphatic carbocycles. The predicted molar refractivity (Wildman–Crippen MR) is 127 cm³/mol. The minimum Gasteiger partial charge on any atom is -0.467 e. The first-order valence-electron chi connectivity index (χ1n) is 10.3. The Labute approximate surface area is 198 Å². The van der Waals surface area contributed by atoms with Crippen LogP contribution in [0.3, 0.4) is 0 Å². The molecular weight excluding hydrogens is 462 g/mol. The Morgan fingerprint density at radius 2 is 1.85 bits per heavy atom. The highest BCUT2D eigenvalue weighted by Gasteiger charge is 2.30. The molecule has 1 aliphatic rings. The van der Waals surface area contributed by atoms with Crippen molar-refractivity contribution >= 4 is 61.7 Å². The van der Waals surface area contributed by atoms with Gasteiger partial charge in [0.2, 0.25) is 11.8 Å². The summed E-state index contributed by atoms with van der Waals surface area (Å²) >= 11 is 7.72. The van der Waals surface area contributed by atoms with Crippen molar-refractivity contribution in [2.75, 3.05) is 9.80 Å². The van der Waals surface area contributed by atoms with Crippen molar-refractivity contribution < 1.29 is 18.8 Å². The molecule has 1 saturated heterocycles. The number of carbonyl (C=O) groups is 3. The Bertz CT molecular complexity index is 1320. The molecule has 0 spiro atoms. The van der Waals surface area contributed by atoms with Gasteiger partial charge in [0.25, 0.3) is 5.91 Å². The van der Waals surface area contributed by atoms with Crippen LogP contribution in [0.15, 0.2) is 59.2 Å². The summed E-state index contributed by atoms with van der Waals surface area (Å²) in [7, 11) is 0. The van der Waals surface area contributed by atoms with E-state index < -0.39 is 0 Å². The molecule has 9 heteroatoms. The smallest absolute Gasteiger partial charge is 0.260 e. The van der Waals surface area contributed by atoms with Gasteiger partial charge in [0, 0.05) is 18.4 Å². The van der Waals surface area contributed by atoms with Gasteiger partial charge in [0.1, 0.15) is 5.76 Å². The molecule has 1 fully saturated rings. The number of imide groups is 1. The van der Waals surface area contributed by atoms with Crippen LogP contribution in [0.2, 0.25) is 5.02 Å². The van der Waals surface area contributed by atoms with Gasteiger partial charge < -0.3 is 4.42 Å². The molecule has 5 rings (SSSR count). The van der Waals surface area contributed by atoms with Crippen LogP contribution in [0.25, 0.3) is 10.2 Å². The Hall–Kier alpha value is -3.49. The molecular formula is C24H18ClN3O4S. The number of amides is 3. The fourth-order valence-electron chi connectivity index (χ4n) is 3.76. The van der Waals surface area contributed by atoms with Gasteiger partial charge in [-0.25, -0.2) is 4.98 Å². The van der Waals surface area contributed by atoms with Crippen molar-refractivity contribution in [2.45, 2.75) is 26.3 Å². The van der Waals surface area contributed by atoms with Gasteiger partial charge in [-0.1, -0.05) is 29.0 Å². The summed E-state index contributed by atoms with van der Waals surface area (Å²) in [6.07, 6.45) is 1.96. The molecule has 3 heterocycles. The number of aromatic nitrogens is 1. The van der Waals surface area contributed by atoms with E-state index in [-0.39, 0.29) is 37.1 Å². The number of carbonyl (C=O) groups excluding carboxylic acids is 3. The summed E-state index contributed by atoms with van der Waals surface area (Å²) < 4.78 is 6.29. The fraction of sp³-hybridized carbons (Fsp3) is 0.167. The van der Waals surface area contributed by atoms with Crippen LogP contribution >= 0.6 is 22.9 Å². The average Bonchev–Trinajstić information content (AvgIpc) is 3.55.